The molecule has 6 heteroatoms. The van der Waals surface area contributed by atoms with Gasteiger partial charge in [-0.05, 0) is 31.3 Å². The Kier molecular flexibility index (Phi) is 5.26. The first-order valence-electron chi connectivity index (χ1n) is 6.31. The maximum atomic E-state index is 5.82. The van der Waals surface area contributed by atoms with Gasteiger partial charge in [0, 0.05) is 12.7 Å². The number of hydrogen-bond acceptors (Lipinski definition) is 4. The summed E-state index contributed by atoms with van der Waals surface area (Å²) < 4.78 is 12.5. The van der Waals surface area contributed by atoms with E-state index in [2.05, 4.69) is 10.00 Å². The lowest BCUT2D eigenvalue weighted by Gasteiger charge is -2.16. The predicted molar refractivity (Wildman–Crippen MR) is 78.4 cm³/mol. The van der Waals surface area contributed by atoms with Crippen molar-refractivity contribution >= 4 is 11.6 Å². The van der Waals surface area contributed by atoms with Gasteiger partial charge in [0.2, 0.25) is 0 Å². The third kappa shape index (κ3) is 4.43. The number of methoxy groups -OCH3 is 1. The molecule has 0 saturated heterocycles. The van der Waals surface area contributed by atoms with Gasteiger partial charge in [-0.25, -0.2) is 0 Å². The van der Waals surface area contributed by atoms with Crippen LogP contribution in [0.5, 0.6) is 11.5 Å². The van der Waals surface area contributed by atoms with Gasteiger partial charge in [0.25, 0.3) is 0 Å². The number of rotatable bonds is 7. The fourth-order valence-electron chi connectivity index (χ4n) is 1.73. The van der Waals surface area contributed by atoms with Crippen LogP contribution >= 0.6 is 11.6 Å². The number of nitrogens with zero attached hydrogens (tertiary/aromatic N) is 3. The minimum atomic E-state index is 0.609. The topological polar surface area (TPSA) is 39.5 Å². The van der Waals surface area contributed by atoms with Crippen molar-refractivity contribution in [3.63, 3.8) is 0 Å². The van der Waals surface area contributed by atoms with E-state index in [0.717, 1.165) is 18.0 Å². The van der Waals surface area contributed by atoms with E-state index in [0.29, 0.717) is 18.3 Å². The lowest BCUT2D eigenvalue weighted by Crippen LogP contribution is -2.27. The van der Waals surface area contributed by atoms with Crippen molar-refractivity contribution in [3.05, 3.63) is 41.7 Å². The largest absolute Gasteiger partial charge is 0.497 e. The Morgan fingerprint density at radius 1 is 1.25 bits per heavy atom. The van der Waals surface area contributed by atoms with Gasteiger partial charge in [0.15, 0.2) is 0 Å². The van der Waals surface area contributed by atoms with Crippen LogP contribution in [-0.4, -0.2) is 42.0 Å². The van der Waals surface area contributed by atoms with Gasteiger partial charge < -0.3 is 9.47 Å². The molecule has 1 aromatic heterocycles. The fraction of sp³-hybridized carbons (Fsp3) is 0.357. The van der Waals surface area contributed by atoms with Crippen LogP contribution in [0.2, 0.25) is 5.02 Å². The van der Waals surface area contributed by atoms with Crippen LogP contribution in [-0.2, 0) is 6.67 Å². The molecule has 0 saturated carbocycles. The van der Waals surface area contributed by atoms with Crippen LogP contribution in [0.25, 0.3) is 0 Å². The Morgan fingerprint density at radius 3 is 2.55 bits per heavy atom. The van der Waals surface area contributed by atoms with E-state index in [9.17, 15) is 0 Å². The molecule has 0 aliphatic carbocycles. The van der Waals surface area contributed by atoms with Crippen LogP contribution in [0.4, 0.5) is 0 Å². The highest BCUT2D eigenvalue weighted by Crippen LogP contribution is 2.16. The van der Waals surface area contributed by atoms with Crippen molar-refractivity contribution in [2.45, 2.75) is 6.67 Å². The van der Waals surface area contributed by atoms with Crippen LogP contribution in [0.1, 0.15) is 0 Å². The molecular weight excluding hydrogens is 278 g/mol. The van der Waals surface area contributed by atoms with Gasteiger partial charge in [0.1, 0.15) is 18.1 Å². The quantitative estimate of drug-likeness (QED) is 0.787. The molecule has 2 rings (SSSR count). The van der Waals surface area contributed by atoms with Crippen molar-refractivity contribution in [2.75, 3.05) is 27.3 Å². The van der Waals surface area contributed by atoms with E-state index >= 15 is 0 Å². The molecule has 2 aromatic rings. The van der Waals surface area contributed by atoms with Crippen molar-refractivity contribution in [2.24, 2.45) is 0 Å². The van der Waals surface area contributed by atoms with Crippen LogP contribution in [0.3, 0.4) is 0 Å². The summed E-state index contributed by atoms with van der Waals surface area (Å²) in [5.41, 5.74) is 0. The second-order valence-corrected chi connectivity index (χ2v) is 4.88. The first-order chi connectivity index (χ1) is 9.67. The Labute approximate surface area is 123 Å². The lowest BCUT2D eigenvalue weighted by molar-refractivity contribution is 0.199. The molecule has 0 aliphatic heterocycles. The number of benzene rings is 1. The zero-order valence-electron chi connectivity index (χ0n) is 11.6. The highest BCUT2D eigenvalue weighted by molar-refractivity contribution is 6.30. The van der Waals surface area contributed by atoms with E-state index in [1.807, 2.05) is 31.3 Å². The number of likely N-dealkylation sites (N-methyl/N-ethyl adjacent to an activating group) is 1. The molecule has 108 valence electrons. The fourth-order valence-corrected chi connectivity index (χ4v) is 1.88. The summed E-state index contributed by atoms with van der Waals surface area (Å²) in [5, 5.41) is 4.78. The minimum Gasteiger partial charge on any atom is -0.497 e. The minimum absolute atomic E-state index is 0.609. The van der Waals surface area contributed by atoms with Crippen molar-refractivity contribution < 1.29 is 9.47 Å². The van der Waals surface area contributed by atoms with E-state index < -0.39 is 0 Å². The third-order valence-electron chi connectivity index (χ3n) is 2.79. The Balaban J connectivity index is 1.71. The summed E-state index contributed by atoms with van der Waals surface area (Å²) in [6.45, 7) is 2.08. The lowest BCUT2D eigenvalue weighted by atomic mass is 10.3. The van der Waals surface area contributed by atoms with Gasteiger partial charge >= 0.3 is 0 Å². The van der Waals surface area contributed by atoms with Gasteiger partial charge in [-0.2, -0.15) is 5.10 Å². The molecule has 0 atom stereocenters. The zero-order chi connectivity index (χ0) is 14.4. The maximum Gasteiger partial charge on any atom is 0.119 e. The molecule has 1 aromatic carbocycles. The average molecular weight is 296 g/mol. The van der Waals surface area contributed by atoms with Crippen molar-refractivity contribution in [1.29, 1.82) is 0 Å². The van der Waals surface area contributed by atoms with Gasteiger partial charge in [-0.1, -0.05) is 11.6 Å². The van der Waals surface area contributed by atoms with Crippen LogP contribution < -0.4 is 9.47 Å². The van der Waals surface area contributed by atoms with Crippen molar-refractivity contribution in [3.8, 4) is 11.5 Å². The van der Waals surface area contributed by atoms with E-state index in [-0.39, 0.29) is 0 Å². The molecule has 0 radical (unpaired) electrons. The standard InChI is InChI=1S/C14H18ClN3O2/c1-17(11-18-10-12(15)9-16-18)7-8-20-14-5-3-13(19-2)4-6-14/h3-6,9-10H,7-8,11H2,1-2H3. The summed E-state index contributed by atoms with van der Waals surface area (Å²) in [5.74, 6) is 1.66. The molecule has 0 aliphatic rings. The maximum absolute atomic E-state index is 5.82. The number of halogens is 1. The summed E-state index contributed by atoms with van der Waals surface area (Å²) in [6.07, 6.45) is 3.42. The Morgan fingerprint density at radius 2 is 1.95 bits per heavy atom. The molecule has 0 amide bonds. The Bertz CT molecular complexity index is 527. The van der Waals surface area contributed by atoms with Gasteiger partial charge in [-0.3, -0.25) is 9.58 Å². The number of hydrogen-bond donors (Lipinski definition) is 0. The zero-order valence-corrected chi connectivity index (χ0v) is 12.4. The van der Waals surface area contributed by atoms with E-state index in [1.54, 1.807) is 24.2 Å². The molecule has 5 nitrogen and oxygen atoms in total. The molecule has 0 unspecified atom stereocenters. The third-order valence-corrected chi connectivity index (χ3v) is 2.98. The monoisotopic (exact) mass is 295 g/mol. The summed E-state index contributed by atoms with van der Waals surface area (Å²) >= 11 is 5.82. The normalized spacial score (nSPS) is 10.8. The molecule has 0 spiro atoms. The summed E-state index contributed by atoms with van der Waals surface area (Å²) in [4.78, 5) is 2.10. The second kappa shape index (κ2) is 7.17. The smallest absolute Gasteiger partial charge is 0.119 e. The molecular formula is C14H18ClN3O2. The van der Waals surface area contributed by atoms with Gasteiger partial charge in [-0.15, -0.1) is 0 Å². The average Bonchev–Trinajstić information content (AvgIpc) is 2.85. The Hall–Kier alpha value is -1.72. The van der Waals surface area contributed by atoms with Crippen molar-refractivity contribution in [1.82, 2.24) is 14.7 Å². The molecule has 20 heavy (non-hydrogen) atoms. The summed E-state index contributed by atoms with van der Waals surface area (Å²) in [7, 11) is 3.65. The second-order valence-electron chi connectivity index (χ2n) is 4.44. The molecule has 0 N–H and O–H groups in total. The highest BCUT2D eigenvalue weighted by Gasteiger charge is 2.02. The first kappa shape index (κ1) is 14.7. The van der Waals surface area contributed by atoms with E-state index in [4.69, 9.17) is 21.1 Å². The van der Waals surface area contributed by atoms with Crippen LogP contribution in [0.15, 0.2) is 36.7 Å². The summed E-state index contributed by atoms with van der Waals surface area (Å²) in [6, 6.07) is 7.55. The molecule has 0 fully saturated rings. The highest BCUT2D eigenvalue weighted by atomic mass is 35.5. The number of aromatic nitrogens is 2. The molecule has 1 heterocycles. The SMILES string of the molecule is COc1ccc(OCCN(C)Cn2cc(Cl)cn2)cc1. The van der Waals surface area contributed by atoms with Crippen LogP contribution in [0, 0.1) is 0 Å². The van der Waals surface area contributed by atoms with Gasteiger partial charge in [0.05, 0.1) is 25.0 Å². The van der Waals surface area contributed by atoms with E-state index in [1.165, 1.54) is 0 Å². The predicted octanol–water partition coefficient (Wildman–Crippen LogP) is 2.51. The number of ether oxygens (including phenoxy) is 2. The molecule has 0 bridgehead atoms. The first-order valence-corrected chi connectivity index (χ1v) is 6.68.